The molecule has 1 rings (SSSR count). The Morgan fingerprint density at radius 3 is 2.20 bits per heavy atom. The van der Waals surface area contributed by atoms with E-state index in [1.54, 1.807) is 0 Å². The summed E-state index contributed by atoms with van der Waals surface area (Å²) < 4.78 is 24.7. The lowest BCUT2D eigenvalue weighted by Gasteiger charge is -1.97. The van der Waals surface area contributed by atoms with Gasteiger partial charge in [-0.05, 0) is 18.2 Å². The summed E-state index contributed by atoms with van der Waals surface area (Å²) in [5.41, 5.74) is 5.21. The van der Waals surface area contributed by atoms with Gasteiger partial charge < -0.3 is 10.8 Å². The molecule has 0 atom stereocenters. The molecule has 4 N–H and O–H groups in total. The number of carbonyl (C=O) groups is 1. The van der Waals surface area contributed by atoms with Crippen LogP contribution in [0.1, 0.15) is 12.5 Å². The molecule has 0 aromatic heterocycles. The smallest absolute Gasteiger partial charge is 0.300 e. The highest BCUT2D eigenvalue weighted by Crippen LogP contribution is 2.07. The van der Waals surface area contributed by atoms with Crippen LogP contribution >= 0.6 is 0 Å². The molecule has 0 radical (unpaired) electrons. The van der Waals surface area contributed by atoms with Gasteiger partial charge in [-0.2, -0.15) is 0 Å². The number of aliphatic carboxylic acids is 1. The second-order valence-electron chi connectivity index (χ2n) is 2.56. The predicted molar refractivity (Wildman–Crippen MR) is 50.7 cm³/mol. The van der Waals surface area contributed by atoms with Crippen LogP contribution in [0.25, 0.3) is 0 Å². The van der Waals surface area contributed by atoms with E-state index < -0.39 is 17.6 Å². The first-order valence-corrected chi connectivity index (χ1v) is 3.83. The summed E-state index contributed by atoms with van der Waals surface area (Å²) in [5, 5.41) is 14.3. The molecule has 0 bridgehead atoms. The van der Waals surface area contributed by atoms with Crippen molar-refractivity contribution in [1.82, 2.24) is 0 Å². The molecule has 0 aliphatic heterocycles. The molecule has 0 aliphatic carbocycles. The quantitative estimate of drug-likeness (QED) is 0.489. The molecule has 1 aromatic rings. The van der Waals surface area contributed by atoms with Crippen LogP contribution in [0.5, 0.6) is 0 Å². The number of benzene rings is 1. The van der Waals surface area contributed by atoms with E-state index in [0.717, 1.165) is 19.1 Å². The number of nitrogens with two attached hydrogens (primary N) is 1. The number of carboxylic acid groups (broad SMARTS) is 1. The Labute approximate surface area is 84.8 Å². The number of halogens is 2. The van der Waals surface area contributed by atoms with Gasteiger partial charge in [0.05, 0.1) is 0 Å². The van der Waals surface area contributed by atoms with Crippen LogP contribution in [-0.2, 0) is 4.79 Å². The number of amidine groups is 1. The van der Waals surface area contributed by atoms with Crippen molar-refractivity contribution < 1.29 is 18.7 Å². The van der Waals surface area contributed by atoms with Crippen molar-refractivity contribution >= 4 is 11.8 Å². The van der Waals surface area contributed by atoms with Gasteiger partial charge in [0.25, 0.3) is 5.97 Å². The molecular weight excluding hydrogens is 206 g/mol. The van der Waals surface area contributed by atoms with Gasteiger partial charge >= 0.3 is 0 Å². The lowest BCUT2D eigenvalue weighted by Crippen LogP contribution is -2.11. The minimum Gasteiger partial charge on any atom is -0.481 e. The van der Waals surface area contributed by atoms with Crippen molar-refractivity contribution in [3.8, 4) is 0 Å². The van der Waals surface area contributed by atoms with Gasteiger partial charge in [-0.15, -0.1) is 0 Å². The summed E-state index contributed by atoms with van der Waals surface area (Å²) in [5.74, 6) is -3.03. The van der Waals surface area contributed by atoms with E-state index in [4.69, 9.17) is 21.0 Å². The van der Waals surface area contributed by atoms with Crippen LogP contribution in [0, 0.1) is 17.0 Å². The molecule has 1 aromatic carbocycles. The van der Waals surface area contributed by atoms with Crippen molar-refractivity contribution in [1.29, 1.82) is 5.41 Å². The number of nitrogen functional groups attached to an aromatic ring is 1. The minimum absolute atomic E-state index is 0.184. The van der Waals surface area contributed by atoms with Crippen molar-refractivity contribution in [3.05, 3.63) is 35.4 Å². The summed E-state index contributed by atoms with van der Waals surface area (Å²) >= 11 is 0. The molecular formula is C9H10F2N2O2. The average molecular weight is 216 g/mol. The number of hydrogen-bond acceptors (Lipinski definition) is 2. The fourth-order valence-corrected chi connectivity index (χ4v) is 0.664. The third-order valence-electron chi connectivity index (χ3n) is 1.23. The Hall–Kier alpha value is -1.98. The SMILES string of the molecule is CC(=O)O.N=C(N)c1ccc(F)c(F)c1. The number of rotatable bonds is 1. The van der Waals surface area contributed by atoms with E-state index in [1.807, 2.05) is 0 Å². The van der Waals surface area contributed by atoms with Crippen LogP contribution in [0.2, 0.25) is 0 Å². The first kappa shape index (κ1) is 13.0. The summed E-state index contributed by atoms with van der Waals surface area (Å²) in [6.07, 6.45) is 0. The lowest BCUT2D eigenvalue weighted by molar-refractivity contribution is -0.134. The summed E-state index contributed by atoms with van der Waals surface area (Å²) in [4.78, 5) is 9.00. The van der Waals surface area contributed by atoms with E-state index in [9.17, 15) is 8.78 Å². The van der Waals surface area contributed by atoms with Crippen molar-refractivity contribution in [2.45, 2.75) is 6.92 Å². The average Bonchev–Trinajstić information content (AvgIpc) is 2.08. The highest BCUT2D eigenvalue weighted by Gasteiger charge is 2.02. The fraction of sp³-hybridized carbons (Fsp3) is 0.111. The van der Waals surface area contributed by atoms with Crippen molar-refractivity contribution in [2.75, 3.05) is 0 Å². The summed E-state index contributed by atoms with van der Waals surface area (Å²) in [6.45, 7) is 1.08. The maximum atomic E-state index is 12.4. The van der Waals surface area contributed by atoms with E-state index >= 15 is 0 Å². The molecule has 4 nitrogen and oxygen atoms in total. The van der Waals surface area contributed by atoms with Crippen LogP contribution in [0.3, 0.4) is 0 Å². The normalized spacial score (nSPS) is 8.73. The second kappa shape index (κ2) is 5.69. The van der Waals surface area contributed by atoms with Gasteiger partial charge in [-0.25, -0.2) is 8.78 Å². The molecule has 15 heavy (non-hydrogen) atoms. The third-order valence-corrected chi connectivity index (χ3v) is 1.23. The number of carboxylic acids is 1. The standard InChI is InChI=1S/C7H6F2N2.C2H4O2/c8-5-2-1-4(7(10)11)3-6(5)9;1-2(3)4/h1-3H,(H3,10,11);1H3,(H,3,4). The van der Waals surface area contributed by atoms with Crippen LogP contribution < -0.4 is 5.73 Å². The maximum Gasteiger partial charge on any atom is 0.300 e. The third kappa shape index (κ3) is 5.35. The molecule has 82 valence electrons. The molecule has 6 heteroatoms. The van der Waals surface area contributed by atoms with Gasteiger partial charge in [-0.3, -0.25) is 10.2 Å². The Bertz CT molecular complexity index is 376. The lowest BCUT2D eigenvalue weighted by atomic mass is 10.2. The zero-order valence-corrected chi connectivity index (χ0v) is 7.92. The van der Waals surface area contributed by atoms with E-state index in [-0.39, 0.29) is 11.4 Å². The molecule has 0 spiro atoms. The summed E-state index contributed by atoms with van der Waals surface area (Å²) in [6, 6.07) is 3.07. The van der Waals surface area contributed by atoms with Gasteiger partial charge in [0.1, 0.15) is 5.84 Å². The Balaban J connectivity index is 0.000000423. The summed E-state index contributed by atoms with van der Waals surface area (Å²) in [7, 11) is 0. The highest BCUT2D eigenvalue weighted by molar-refractivity contribution is 5.94. The zero-order chi connectivity index (χ0) is 12.0. The molecule has 0 unspecified atom stereocenters. The number of hydrogen-bond donors (Lipinski definition) is 3. The van der Waals surface area contributed by atoms with E-state index in [0.29, 0.717) is 0 Å². The maximum absolute atomic E-state index is 12.4. The molecule has 0 aliphatic rings. The molecule has 0 amide bonds. The molecule has 0 saturated heterocycles. The van der Waals surface area contributed by atoms with Gasteiger partial charge in [0, 0.05) is 12.5 Å². The van der Waals surface area contributed by atoms with Crippen LogP contribution in [-0.4, -0.2) is 16.9 Å². The zero-order valence-electron chi connectivity index (χ0n) is 7.92. The van der Waals surface area contributed by atoms with Crippen molar-refractivity contribution in [3.63, 3.8) is 0 Å². The molecule has 0 saturated carbocycles. The van der Waals surface area contributed by atoms with E-state index in [1.165, 1.54) is 6.07 Å². The Morgan fingerprint density at radius 2 is 1.87 bits per heavy atom. The van der Waals surface area contributed by atoms with Crippen LogP contribution in [0.4, 0.5) is 8.78 Å². The first-order valence-electron chi connectivity index (χ1n) is 3.83. The first-order chi connectivity index (χ1) is 6.84. The van der Waals surface area contributed by atoms with Gasteiger partial charge in [0.15, 0.2) is 11.6 Å². The topological polar surface area (TPSA) is 87.2 Å². The Kier molecular flexibility index (Phi) is 4.94. The van der Waals surface area contributed by atoms with Crippen LogP contribution in [0.15, 0.2) is 18.2 Å². The monoisotopic (exact) mass is 216 g/mol. The van der Waals surface area contributed by atoms with Gasteiger partial charge in [0.2, 0.25) is 0 Å². The van der Waals surface area contributed by atoms with Crippen molar-refractivity contribution in [2.24, 2.45) is 5.73 Å². The highest BCUT2D eigenvalue weighted by atomic mass is 19.2. The molecule has 0 heterocycles. The largest absolute Gasteiger partial charge is 0.481 e. The Morgan fingerprint density at radius 1 is 1.40 bits per heavy atom. The fourth-order valence-electron chi connectivity index (χ4n) is 0.664. The number of nitrogens with one attached hydrogen (secondary N) is 1. The van der Waals surface area contributed by atoms with Gasteiger partial charge in [-0.1, -0.05) is 0 Å². The van der Waals surface area contributed by atoms with E-state index in [2.05, 4.69) is 0 Å². The minimum atomic E-state index is -0.988. The molecule has 0 fully saturated rings. The predicted octanol–water partition coefficient (Wildman–Crippen LogP) is 1.34. The second-order valence-corrected chi connectivity index (χ2v) is 2.56.